The van der Waals surface area contributed by atoms with Crippen LogP contribution in [0.25, 0.3) is 0 Å². The first-order chi connectivity index (χ1) is 9.66. The van der Waals surface area contributed by atoms with E-state index in [1.807, 2.05) is 19.1 Å². The monoisotopic (exact) mass is 294 g/mol. The summed E-state index contributed by atoms with van der Waals surface area (Å²) >= 11 is 1.56. The van der Waals surface area contributed by atoms with E-state index in [0.717, 1.165) is 30.4 Å². The molecular weight excluding hydrogens is 268 g/mol. The molecular formula is C16H26N2OS. The largest absolute Gasteiger partial charge is 0.351 e. The minimum absolute atomic E-state index is 0.0726. The molecule has 1 N–H and O–H groups in total. The molecule has 1 amide bonds. The Bertz CT molecular complexity index is 424. The molecule has 0 aliphatic heterocycles. The smallest absolute Gasteiger partial charge is 0.261 e. The van der Waals surface area contributed by atoms with Gasteiger partial charge < -0.3 is 10.2 Å². The maximum atomic E-state index is 11.9. The zero-order valence-corrected chi connectivity index (χ0v) is 13.5. The Morgan fingerprint density at radius 2 is 2.10 bits per heavy atom. The van der Waals surface area contributed by atoms with Gasteiger partial charge in [0.05, 0.1) is 4.88 Å². The summed E-state index contributed by atoms with van der Waals surface area (Å²) in [6.07, 6.45) is 7.88. The van der Waals surface area contributed by atoms with Gasteiger partial charge in [-0.1, -0.05) is 19.3 Å². The topological polar surface area (TPSA) is 32.3 Å². The number of rotatable bonds is 6. The Morgan fingerprint density at radius 3 is 2.75 bits per heavy atom. The molecule has 20 heavy (non-hydrogen) atoms. The van der Waals surface area contributed by atoms with E-state index >= 15 is 0 Å². The van der Waals surface area contributed by atoms with Crippen LogP contribution in [0.15, 0.2) is 12.1 Å². The molecule has 112 valence electrons. The van der Waals surface area contributed by atoms with Gasteiger partial charge in [0.15, 0.2) is 0 Å². The molecule has 1 aliphatic rings. The molecule has 0 spiro atoms. The fourth-order valence-corrected chi connectivity index (χ4v) is 3.66. The number of thiophene rings is 1. The van der Waals surface area contributed by atoms with Crippen LogP contribution >= 0.6 is 11.3 Å². The van der Waals surface area contributed by atoms with Crippen LogP contribution in [-0.4, -0.2) is 37.0 Å². The maximum Gasteiger partial charge on any atom is 0.261 e. The van der Waals surface area contributed by atoms with E-state index in [4.69, 9.17) is 0 Å². The summed E-state index contributed by atoms with van der Waals surface area (Å²) < 4.78 is 0. The van der Waals surface area contributed by atoms with E-state index in [-0.39, 0.29) is 5.91 Å². The number of aryl methyl sites for hydroxylation is 1. The lowest BCUT2D eigenvalue weighted by atomic mass is 9.94. The van der Waals surface area contributed by atoms with Gasteiger partial charge in [-0.15, -0.1) is 11.3 Å². The van der Waals surface area contributed by atoms with Crippen LogP contribution < -0.4 is 5.32 Å². The van der Waals surface area contributed by atoms with Crippen molar-refractivity contribution in [1.29, 1.82) is 0 Å². The predicted molar refractivity (Wildman–Crippen MR) is 85.5 cm³/mol. The van der Waals surface area contributed by atoms with Crippen molar-refractivity contribution < 1.29 is 4.79 Å². The van der Waals surface area contributed by atoms with E-state index in [1.54, 1.807) is 11.3 Å². The van der Waals surface area contributed by atoms with Gasteiger partial charge in [0.1, 0.15) is 0 Å². The van der Waals surface area contributed by atoms with Crippen molar-refractivity contribution in [3.05, 3.63) is 21.9 Å². The van der Waals surface area contributed by atoms with Gasteiger partial charge in [-0.25, -0.2) is 0 Å². The number of nitrogens with zero attached hydrogens (tertiary/aromatic N) is 1. The third kappa shape index (κ3) is 4.60. The van der Waals surface area contributed by atoms with Crippen LogP contribution in [0, 0.1) is 6.92 Å². The standard InChI is InChI=1S/C16H26N2OS/c1-13-9-10-15(20-13)16(19)17-11-6-12-18(2)14-7-4-3-5-8-14/h9-10,14H,3-8,11-12H2,1-2H3,(H,17,19). The summed E-state index contributed by atoms with van der Waals surface area (Å²) in [7, 11) is 2.22. The number of carbonyl (C=O) groups excluding carboxylic acids is 1. The second kappa shape index (κ2) is 7.79. The van der Waals surface area contributed by atoms with E-state index < -0.39 is 0 Å². The normalized spacial score (nSPS) is 16.6. The number of hydrogen-bond donors (Lipinski definition) is 1. The highest BCUT2D eigenvalue weighted by molar-refractivity contribution is 7.13. The molecule has 3 nitrogen and oxygen atoms in total. The fraction of sp³-hybridized carbons (Fsp3) is 0.688. The highest BCUT2D eigenvalue weighted by Gasteiger charge is 2.17. The second-order valence-corrected chi connectivity index (χ2v) is 7.08. The molecule has 0 unspecified atom stereocenters. The van der Waals surface area contributed by atoms with Gasteiger partial charge in [-0.3, -0.25) is 4.79 Å². The summed E-state index contributed by atoms with van der Waals surface area (Å²) in [5.74, 6) is 0.0726. The molecule has 4 heteroatoms. The summed E-state index contributed by atoms with van der Waals surface area (Å²) in [5, 5.41) is 3.02. The first-order valence-electron chi connectivity index (χ1n) is 7.71. The van der Waals surface area contributed by atoms with Crippen LogP contribution in [0.1, 0.15) is 53.1 Å². The molecule has 1 aliphatic carbocycles. The average Bonchev–Trinajstić information content (AvgIpc) is 2.91. The molecule has 1 fully saturated rings. The highest BCUT2D eigenvalue weighted by atomic mass is 32.1. The molecule has 0 saturated heterocycles. The van der Waals surface area contributed by atoms with Crippen molar-refractivity contribution in [2.75, 3.05) is 20.1 Å². The van der Waals surface area contributed by atoms with Gasteiger partial charge in [-0.2, -0.15) is 0 Å². The van der Waals surface area contributed by atoms with Crippen LogP contribution in [-0.2, 0) is 0 Å². The Labute approximate surface area is 126 Å². The minimum atomic E-state index is 0.0726. The molecule has 1 aromatic heterocycles. The van der Waals surface area contributed by atoms with Gasteiger partial charge in [-0.05, 0) is 51.9 Å². The Kier molecular flexibility index (Phi) is 6.05. The van der Waals surface area contributed by atoms with E-state index in [9.17, 15) is 4.79 Å². The van der Waals surface area contributed by atoms with Gasteiger partial charge in [0, 0.05) is 17.5 Å². The summed E-state index contributed by atoms with van der Waals surface area (Å²) in [5.41, 5.74) is 0. The average molecular weight is 294 g/mol. The Morgan fingerprint density at radius 1 is 1.35 bits per heavy atom. The minimum Gasteiger partial charge on any atom is -0.351 e. The van der Waals surface area contributed by atoms with Crippen LogP contribution in [0.5, 0.6) is 0 Å². The van der Waals surface area contributed by atoms with Crippen molar-refractivity contribution >= 4 is 17.2 Å². The number of hydrogen-bond acceptors (Lipinski definition) is 3. The Hall–Kier alpha value is -0.870. The van der Waals surface area contributed by atoms with Crippen molar-refractivity contribution in [1.82, 2.24) is 10.2 Å². The third-order valence-electron chi connectivity index (χ3n) is 4.14. The lowest BCUT2D eigenvalue weighted by Crippen LogP contribution is -2.35. The lowest BCUT2D eigenvalue weighted by molar-refractivity contribution is 0.0954. The molecule has 1 heterocycles. The summed E-state index contributed by atoms with van der Waals surface area (Å²) in [4.78, 5) is 16.4. The number of amides is 1. The van der Waals surface area contributed by atoms with Crippen LogP contribution in [0.3, 0.4) is 0 Å². The van der Waals surface area contributed by atoms with Gasteiger partial charge in [0.25, 0.3) is 5.91 Å². The van der Waals surface area contributed by atoms with E-state index in [2.05, 4.69) is 17.3 Å². The molecule has 1 aromatic rings. The van der Waals surface area contributed by atoms with Gasteiger partial charge >= 0.3 is 0 Å². The maximum absolute atomic E-state index is 11.9. The van der Waals surface area contributed by atoms with E-state index in [1.165, 1.54) is 37.0 Å². The SMILES string of the molecule is Cc1ccc(C(=O)NCCCN(C)C2CCCCC2)s1. The zero-order chi connectivity index (χ0) is 14.4. The van der Waals surface area contributed by atoms with E-state index in [0.29, 0.717) is 0 Å². The zero-order valence-electron chi connectivity index (χ0n) is 12.7. The quantitative estimate of drug-likeness (QED) is 0.815. The van der Waals surface area contributed by atoms with Crippen molar-refractivity contribution in [2.24, 2.45) is 0 Å². The second-order valence-electron chi connectivity index (χ2n) is 5.79. The number of nitrogens with one attached hydrogen (secondary N) is 1. The predicted octanol–water partition coefficient (Wildman–Crippen LogP) is 3.44. The van der Waals surface area contributed by atoms with Gasteiger partial charge in [0.2, 0.25) is 0 Å². The highest BCUT2D eigenvalue weighted by Crippen LogP contribution is 2.21. The summed E-state index contributed by atoms with van der Waals surface area (Å²) in [6, 6.07) is 4.67. The fourth-order valence-electron chi connectivity index (χ4n) is 2.88. The van der Waals surface area contributed by atoms with Crippen LogP contribution in [0.4, 0.5) is 0 Å². The lowest BCUT2D eigenvalue weighted by Gasteiger charge is -2.31. The first kappa shape index (κ1) is 15.5. The third-order valence-corrected chi connectivity index (χ3v) is 5.13. The molecule has 0 aromatic carbocycles. The molecule has 1 saturated carbocycles. The van der Waals surface area contributed by atoms with Crippen molar-refractivity contribution in [2.45, 2.75) is 51.5 Å². The first-order valence-corrected chi connectivity index (χ1v) is 8.53. The molecule has 0 radical (unpaired) electrons. The van der Waals surface area contributed by atoms with Crippen LogP contribution in [0.2, 0.25) is 0 Å². The van der Waals surface area contributed by atoms with Crippen molar-refractivity contribution in [3.8, 4) is 0 Å². The van der Waals surface area contributed by atoms with Crippen molar-refractivity contribution in [3.63, 3.8) is 0 Å². The Balaban J connectivity index is 1.62. The molecule has 0 bridgehead atoms. The number of carbonyl (C=O) groups is 1. The molecule has 0 atom stereocenters. The summed E-state index contributed by atoms with van der Waals surface area (Å²) in [6.45, 7) is 3.88. The molecule has 2 rings (SSSR count).